The minimum atomic E-state index is -0.837. The second kappa shape index (κ2) is 8.39. The first-order valence-electron chi connectivity index (χ1n) is 9.70. The first-order valence-corrected chi connectivity index (χ1v) is 9.70. The van der Waals surface area contributed by atoms with E-state index in [1.165, 1.54) is 17.7 Å². The fourth-order valence-corrected chi connectivity index (χ4v) is 3.75. The van der Waals surface area contributed by atoms with Crippen molar-refractivity contribution in [2.75, 3.05) is 0 Å². The summed E-state index contributed by atoms with van der Waals surface area (Å²) in [6, 6.07) is 14.6. The molecule has 2 aromatic carbocycles. The molecule has 4 rings (SSSR count). The molecule has 0 saturated carbocycles. The normalized spacial score (nSPS) is 13.8. The average molecular weight is 391 g/mol. The van der Waals surface area contributed by atoms with E-state index in [9.17, 15) is 14.3 Å². The van der Waals surface area contributed by atoms with Gasteiger partial charge >= 0.3 is 5.97 Å². The van der Waals surface area contributed by atoms with E-state index in [-0.39, 0.29) is 5.82 Å². The van der Waals surface area contributed by atoms with Gasteiger partial charge < -0.3 is 9.67 Å². The molecule has 0 spiro atoms. The van der Waals surface area contributed by atoms with Gasteiger partial charge in [-0.1, -0.05) is 30.3 Å². The highest BCUT2D eigenvalue weighted by Gasteiger charge is 2.24. The van der Waals surface area contributed by atoms with Crippen LogP contribution in [0.1, 0.15) is 29.8 Å². The van der Waals surface area contributed by atoms with Gasteiger partial charge in [-0.05, 0) is 42.2 Å². The average Bonchev–Trinajstić information content (AvgIpc) is 3.31. The molecule has 0 fully saturated rings. The molecule has 1 N–H and O–H groups in total. The molecule has 5 nitrogen and oxygen atoms in total. The minimum Gasteiger partial charge on any atom is -0.481 e. The topological polar surface area (TPSA) is 67.5 Å². The summed E-state index contributed by atoms with van der Waals surface area (Å²) < 4.78 is 15.5. The van der Waals surface area contributed by atoms with Crippen LogP contribution in [0.15, 0.2) is 65.9 Å². The van der Waals surface area contributed by atoms with Gasteiger partial charge in [0.15, 0.2) is 0 Å². The summed E-state index contributed by atoms with van der Waals surface area (Å²) >= 11 is 0. The molecule has 29 heavy (non-hydrogen) atoms. The maximum absolute atomic E-state index is 13.4. The van der Waals surface area contributed by atoms with Gasteiger partial charge in [0.05, 0.1) is 11.6 Å². The lowest BCUT2D eigenvalue weighted by Crippen LogP contribution is -2.19. The van der Waals surface area contributed by atoms with Gasteiger partial charge in [-0.3, -0.25) is 9.79 Å². The van der Waals surface area contributed by atoms with E-state index in [0.717, 1.165) is 22.8 Å². The van der Waals surface area contributed by atoms with Crippen molar-refractivity contribution in [1.29, 1.82) is 0 Å². The molecule has 0 bridgehead atoms. The van der Waals surface area contributed by atoms with E-state index in [1.807, 2.05) is 24.4 Å². The van der Waals surface area contributed by atoms with Gasteiger partial charge in [0.1, 0.15) is 11.6 Å². The summed E-state index contributed by atoms with van der Waals surface area (Å²) in [6.07, 6.45) is 5.60. The molecule has 1 aromatic heterocycles. The monoisotopic (exact) mass is 391 g/mol. The number of carbonyl (C=O) groups is 1. The number of aryl methyl sites for hydroxylation is 1. The molecule has 3 aromatic rings. The highest BCUT2D eigenvalue weighted by Crippen LogP contribution is 2.30. The van der Waals surface area contributed by atoms with Crippen molar-refractivity contribution in [2.24, 2.45) is 10.9 Å². The van der Waals surface area contributed by atoms with Crippen LogP contribution in [0, 0.1) is 11.7 Å². The van der Waals surface area contributed by atoms with Crippen molar-refractivity contribution < 1.29 is 14.3 Å². The van der Waals surface area contributed by atoms with E-state index in [4.69, 9.17) is 0 Å². The lowest BCUT2D eigenvalue weighted by atomic mass is 9.94. The van der Waals surface area contributed by atoms with Crippen molar-refractivity contribution >= 4 is 17.4 Å². The fraction of sp³-hybridized carbons (Fsp3) is 0.261. The van der Waals surface area contributed by atoms with Crippen LogP contribution in [0.4, 0.5) is 10.1 Å². The largest absolute Gasteiger partial charge is 0.481 e. The van der Waals surface area contributed by atoms with Crippen LogP contribution >= 0.6 is 0 Å². The van der Waals surface area contributed by atoms with Crippen LogP contribution in [-0.2, 0) is 24.2 Å². The van der Waals surface area contributed by atoms with E-state index >= 15 is 0 Å². The molecule has 1 atom stereocenters. The second-order valence-electron chi connectivity index (χ2n) is 7.36. The molecular formula is C23H22FN3O2. The minimum absolute atomic E-state index is 0.291. The molecule has 0 aliphatic carbocycles. The number of aliphatic imine (C=N–C) groups is 1. The summed E-state index contributed by atoms with van der Waals surface area (Å²) in [6.45, 7) is 0.710. The molecule has 0 amide bonds. The standard InChI is InChI=1S/C23H22FN3O2/c24-19-7-8-21-18(12-19)14-20(26-21)13-17(23(28)29)6-9-22-25-10-11-27(22)15-16-4-2-1-3-5-16/h1-5,7-8,10-12,17H,6,9,13-15H2,(H,28,29)/t17-/m1/s1. The SMILES string of the molecule is O=C(O)[C@H](CCc1nccn1Cc1ccccc1)CC1=Nc2ccc(F)cc2C1. The van der Waals surface area contributed by atoms with Crippen LogP contribution < -0.4 is 0 Å². The lowest BCUT2D eigenvalue weighted by Gasteiger charge is -2.13. The maximum atomic E-state index is 13.4. The van der Waals surface area contributed by atoms with Crippen molar-refractivity contribution in [3.8, 4) is 0 Å². The Balaban J connectivity index is 1.39. The highest BCUT2D eigenvalue weighted by atomic mass is 19.1. The van der Waals surface area contributed by atoms with E-state index in [0.29, 0.717) is 32.2 Å². The van der Waals surface area contributed by atoms with Crippen LogP contribution in [0.3, 0.4) is 0 Å². The first-order chi connectivity index (χ1) is 14.1. The molecule has 0 saturated heterocycles. The van der Waals surface area contributed by atoms with Gasteiger partial charge in [0.2, 0.25) is 0 Å². The lowest BCUT2D eigenvalue weighted by molar-refractivity contribution is -0.141. The summed E-state index contributed by atoms with van der Waals surface area (Å²) in [5.41, 5.74) is 3.53. The van der Waals surface area contributed by atoms with Crippen LogP contribution in [0.5, 0.6) is 0 Å². The zero-order chi connectivity index (χ0) is 20.2. The zero-order valence-electron chi connectivity index (χ0n) is 16.0. The summed E-state index contributed by atoms with van der Waals surface area (Å²) in [5, 5.41) is 9.69. The summed E-state index contributed by atoms with van der Waals surface area (Å²) in [5.74, 6) is -0.801. The van der Waals surface area contributed by atoms with Gasteiger partial charge in [0.25, 0.3) is 0 Å². The number of halogens is 1. The van der Waals surface area contributed by atoms with Crippen molar-refractivity contribution in [2.45, 2.75) is 32.2 Å². The number of benzene rings is 2. The third-order valence-electron chi connectivity index (χ3n) is 5.26. The van der Waals surface area contributed by atoms with E-state index in [2.05, 4.69) is 26.7 Å². The van der Waals surface area contributed by atoms with Gasteiger partial charge in [-0.25, -0.2) is 9.37 Å². The number of aromatic nitrogens is 2. The number of carboxylic acid groups (broad SMARTS) is 1. The van der Waals surface area contributed by atoms with Gasteiger partial charge in [0, 0.05) is 37.5 Å². The van der Waals surface area contributed by atoms with Crippen molar-refractivity contribution in [3.63, 3.8) is 0 Å². The Morgan fingerprint density at radius 1 is 1.21 bits per heavy atom. The highest BCUT2D eigenvalue weighted by molar-refractivity contribution is 5.95. The molecule has 0 radical (unpaired) electrons. The Morgan fingerprint density at radius 3 is 2.83 bits per heavy atom. The Kier molecular flexibility index (Phi) is 5.51. The van der Waals surface area contributed by atoms with Crippen LogP contribution in [-0.4, -0.2) is 26.3 Å². The number of fused-ring (bicyclic) bond motifs is 1. The zero-order valence-corrected chi connectivity index (χ0v) is 16.0. The third-order valence-corrected chi connectivity index (χ3v) is 5.26. The molecule has 148 valence electrons. The Hall–Kier alpha value is -3.28. The molecular weight excluding hydrogens is 369 g/mol. The Morgan fingerprint density at radius 2 is 2.03 bits per heavy atom. The molecule has 1 aliphatic rings. The third kappa shape index (κ3) is 4.59. The molecule has 0 unspecified atom stereocenters. The number of imidazole rings is 1. The number of nitrogens with zero attached hydrogens (tertiary/aromatic N) is 3. The van der Waals surface area contributed by atoms with Crippen molar-refractivity contribution in [1.82, 2.24) is 9.55 Å². The van der Waals surface area contributed by atoms with Crippen LogP contribution in [0.2, 0.25) is 0 Å². The number of carboxylic acids is 1. The number of aliphatic carboxylic acids is 1. The second-order valence-corrected chi connectivity index (χ2v) is 7.36. The molecule has 6 heteroatoms. The quantitative estimate of drug-likeness (QED) is 0.618. The smallest absolute Gasteiger partial charge is 0.306 e. The maximum Gasteiger partial charge on any atom is 0.306 e. The first kappa shape index (κ1) is 19.1. The predicted molar refractivity (Wildman–Crippen MR) is 109 cm³/mol. The van der Waals surface area contributed by atoms with Gasteiger partial charge in [-0.15, -0.1) is 0 Å². The van der Waals surface area contributed by atoms with Crippen LogP contribution in [0.25, 0.3) is 0 Å². The summed E-state index contributed by atoms with van der Waals surface area (Å²) in [7, 11) is 0. The molecule has 1 aliphatic heterocycles. The Bertz CT molecular complexity index is 1040. The molecule has 2 heterocycles. The van der Waals surface area contributed by atoms with E-state index in [1.54, 1.807) is 12.3 Å². The fourth-order valence-electron chi connectivity index (χ4n) is 3.75. The summed E-state index contributed by atoms with van der Waals surface area (Å²) in [4.78, 5) is 20.7. The number of rotatable bonds is 8. The van der Waals surface area contributed by atoms with Crippen molar-refractivity contribution in [3.05, 3.63) is 83.7 Å². The van der Waals surface area contributed by atoms with Gasteiger partial charge in [-0.2, -0.15) is 0 Å². The number of hydrogen-bond donors (Lipinski definition) is 1. The van der Waals surface area contributed by atoms with E-state index < -0.39 is 11.9 Å². The predicted octanol–water partition coefficient (Wildman–Crippen LogP) is 4.42. The Labute approximate surface area is 168 Å². The number of hydrogen-bond acceptors (Lipinski definition) is 3.